The first-order valence-corrected chi connectivity index (χ1v) is 8.46. The average molecular weight is 381 g/mol. The van der Waals surface area contributed by atoms with Crippen molar-refractivity contribution in [2.75, 3.05) is 10.6 Å². The van der Waals surface area contributed by atoms with Crippen molar-refractivity contribution >= 4 is 23.2 Å². The number of carbonyl (C=O) groups excluding carboxylic acids is 2. The van der Waals surface area contributed by atoms with Crippen LogP contribution in [0.25, 0.3) is 0 Å². The van der Waals surface area contributed by atoms with Crippen molar-refractivity contribution in [3.63, 3.8) is 0 Å². The lowest BCUT2D eigenvalue weighted by molar-refractivity contribution is 0.101. The highest BCUT2D eigenvalue weighted by Crippen LogP contribution is 2.19. The van der Waals surface area contributed by atoms with Gasteiger partial charge in [0, 0.05) is 5.69 Å². The van der Waals surface area contributed by atoms with Crippen molar-refractivity contribution in [2.24, 2.45) is 0 Å². The van der Waals surface area contributed by atoms with E-state index in [1.165, 1.54) is 24.3 Å². The highest BCUT2D eigenvalue weighted by atomic mass is 19.1. The molecular formula is C21H17F2N3O2. The second kappa shape index (κ2) is 7.96. The third-order valence-corrected chi connectivity index (χ3v) is 4.06. The zero-order valence-electron chi connectivity index (χ0n) is 15.2. The van der Waals surface area contributed by atoms with E-state index < -0.39 is 29.1 Å². The molecule has 1 aromatic heterocycles. The number of amides is 2. The lowest BCUT2D eigenvalue weighted by atomic mass is 10.1. The van der Waals surface area contributed by atoms with Gasteiger partial charge in [-0.05, 0) is 55.3 Å². The maximum atomic E-state index is 13.7. The first-order chi connectivity index (χ1) is 13.3. The van der Waals surface area contributed by atoms with Crippen LogP contribution in [0.2, 0.25) is 0 Å². The van der Waals surface area contributed by atoms with Gasteiger partial charge in [0.2, 0.25) is 0 Å². The minimum absolute atomic E-state index is 0.00237. The lowest BCUT2D eigenvalue weighted by Gasteiger charge is -2.10. The topological polar surface area (TPSA) is 71.1 Å². The van der Waals surface area contributed by atoms with Crippen molar-refractivity contribution in [3.05, 3.63) is 88.7 Å². The van der Waals surface area contributed by atoms with Gasteiger partial charge in [0.15, 0.2) is 0 Å². The van der Waals surface area contributed by atoms with Gasteiger partial charge in [0.05, 0.1) is 0 Å². The summed E-state index contributed by atoms with van der Waals surface area (Å²) < 4.78 is 27.4. The third-order valence-electron chi connectivity index (χ3n) is 4.06. The molecule has 7 heteroatoms. The van der Waals surface area contributed by atoms with E-state index in [1.807, 2.05) is 32.0 Å². The van der Waals surface area contributed by atoms with Crippen LogP contribution < -0.4 is 10.6 Å². The Kier molecular flexibility index (Phi) is 5.44. The minimum Gasteiger partial charge on any atom is -0.320 e. The molecule has 28 heavy (non-hydrogen) atoms. The summed E-state index contributed by atoms with van der Waals surface area (Å²) in [6.07, 6.45) is 0. The average Bonchev–Trinajstić information content (AvgIpc) is 2.67. The number of benzene rings is 2. The summed E-state index contributed by atoms with van der Waals surface area (Å²) in [5.41, 5.74) is 1.78. The first kappa shape index (κ1) is 19.2. The molecule has 0 spiro atoms. The SMILES string of the molecule is Cc1ccc(C)c(NC(=O)c2cccc(C(=O)Nc3c(F)cccc3F)n2)c1. The maximum Gasteiger partial charge on any atom is 0.274 e. The fourth-order valence-corrected chi connectivity index (χ4v) is 2.54. The molecule has 0 aliphatic heterocycles. The van der Waals surface area contributed by atoms with Crippen LogP contribution >= 0.6 is 0 Å². The summed E-state index contributed by atoms with van der Waals surface area (Å²) in [4.78, 5) is 28.8. The normalized spacial score (nSPS) is 10.4. The van der Waals surface area contributed by atoms with Crippen LogP contribution in [0, 0.1) is 25.5 Å². The molecule has 2 N–H and O–H groups in total. The monoisotopic (exact) mass is 381 g/mol. The molecule has 1 heterocycles. The van der Waals surface area contributed by atoms with Gasteiger partial charge in [-0.15, -0.1) is 0 Å². The Morgan fingerprint density at radius 1 is 0.821 bits per heavy atom. The summed E-state index contributed by atoms with van der Waals surface area (Å²) in [7, 11) is 0. The van der Waals surface area contributed by atoms with Gasteiger partial charge < -0.3 is 10.6 Å². The number of hydrogen-bond donors (Lipinski definition) is 2. The quantitative estimate of drug-likeness (QED) is 0.700. The number of aromatic nitrogens is 1. The van der Waals surface area contributed by atoms with E-state index in [-0.39, 0.29) is 11.4 Å². The standard InChI is InChI=1S/C21H17F2N3O2/c1-12-9-10-13(2)18(11-12)25-20(27)16-7-4-8-17(24-16)21(28)26-19-14(22)5-3-6-15(19)23/h3-11H,1-2H3,(H,25,27)(H,26,28). The fraction of sp³-hybridized carbons (Fsp3) is 0.0952. The molecule has 0 saturated carbocycles. The second-order valence-electron chi connectivity index (χ2n) is 6.23. The van der Waals surface area contributed by atoms with Crippen molar-refractivity contribution in [1.82, 2.24) is 4.98 Å². The number of rotatable bonds is 4. The molecule has 5 nitrogen and oxygen atoms in total. The number of nitrogens with one attached hydrogen (secondary N) is 2. The Morgan fingerprint density at radius 2 is 1.39 bits per heavy atom. The summed E-state index contributed by atoms with van der Waals surface area (Å²) in [5, 5.41) is 4.89. The first-order valence-electron chi connectivity index (χ1n) is 8.46. The molecule has 2 amide bonds. The minimum atomic E-state index is -0.905. The van der Waals surface area contributed by atoms with Gasteiger partial charge in [-0.2, -0.15) is 0 Å². The zero-order chi connectivity index (χ0) is 20.3. The lowest BCUT2D eigenvalue weighted by Crippen LogP contribution is -2.19. The Bertz CT molecular complexity index is 1050. The molecule has 3 rings (SSSR count). The van der Waals surface area contributed by atoms with Crippen LogP contribution in [0.4, 0.5) is 20.2 Å². The summed E-state index contributed by atoms with van der Waals surface area (Å²) >= 11 is 0. The van der Waals surface area contributed by atoms with E-state index in [0.717, 1.165) is 23.3 Å². The molecule has 0 aliphatic carbocycles. The molecule has 0 radical (unpaired) electrons. The van der Waals surface area contributed by atoms with Crippen LogP contribution in [-0.2, 0) is 0 Å². The van der Waals surface area contributed by atoms with Gasteiger partial charge in [-0.1, -0.05) is 24.3 Å². The summed E-state index contributed by atoms with van der Waals surface area (Å²) in [6, 6.07) is 13.1. The van der Waals surface area contributed by atoms with E-state index in [0.29, 0.717) is 5.69 Å². The Hall–Kier alpha value is -3.61. The number of nitrogens with zero attached hydrogens (tertiary/aromatic N) is 1. The Morgan fingerprint density at radius 3 is 2.04 bits per heavy atom. The van der Waals surface area contributed by atoms with Crippen LogP contribution in [0.5, 0.6) is 0 Å². The van der Waals surface area contributed by atoms with Crippen LogP contribution in [-0.4, -0.2) is 16.8 Å². The fourth-order valence-electron chi connectivity index (χ4n) is 2.54. The number of halogens is 2. The predicted octanol–water partition coefficient (Wildman–Crippen LogP) is 4.48. The van der Waals surface area contributed by atoms with Gasteiger partial charge in [-0.25, -0.2) is 13.8 Å². The van der Waals surface area contributed by atoms with Gasteiger partial charge in [0.25, 0.3) is 11.8 Å². The van der Waals surface area contributed by atoms with Gasteiger partial charge in [-0.3, -0.25) is 9.59 Å². The van der Waals surface area contributed by atoms with Gasteiger partial charge in [0.1, 0.15) is 28.7 Å². The highest BCUT2D eigenvalue weighted by molar-refractivity contribution is 6.06. The number of aryl methyl sites for hydroxylation is 2. The molecule has 0 bridgehead atoms. The summed E-state index contributed by atoms with van der Waals surface area (Å²) in [5.74, 6) is -3.14. The van der Waals surface area contributed by atoms with Crippen molar-refractivity contribution < 1.29 is 18.4 Å². The van der Waals surface area contributed by atoms with Crippen LogP contribution in [0.1, 0.15) is 32.1 Å². The van der Waals surface area contributed by atoms with Crippen molar-refractivity contribution in [3.8, 4) is 0 Å². The van der Waals surface area contributed by atoms with Crippen LogP contribution in [0.15, 0.2) is 54.6 Å². The molecule has 0 atom stereocenters. The third kappa shape index (κ3) is 4.20. The van der Waals surface area contributed by atoms with Gasteiger partial charge >= 0.3 is 0 Å². The summed E-state index contributed by atoms with van der Waals surface area (Å²) in [6.45, 7) is 3.76. The molecule has 0 aliphatic rings. The van der Waals surface area contributed by atoms with Crippen molar-refractivity contribution in [2.45, 2.75) is 13.8 Å². The van der Waals surface area contributed by atoms with E-state index in [2.05, 4.69) is 15.6 Å². The number of carbonyl (C=O) groups is 2. The number of pyridine rings is 1. The smallest absolute Gasteiger partial charge is 0.274 e. The van der Waals surface area contributed by atoms with Crippen molar-refractivity contribution in [1.29, 1.82) is 0 Å². The Balaban J connectivity index is 1.80. The highest BCUT2D eigenvalue weighted by Gasteiger charge is 2.16. The predicted molar refractivity (Wildman–Crippen MR) is 102 cm³/mol. The largest absolute Gasteiger partial charge is 0.320 e. The molecule has 2 aromatic carbocycles. The van der Waals surface area contributed by atoms with E-state index in [9.17, 15) is 18.4 Å². The molecule has 3 aromatic rings. The van der Waals surface area contributed by atoms with E-state index in [1.54, 1.807) is 0 Å². The molecule has 142 valence electrons. The number of para-hydroxylation sites is 1. The second-order valence-corrected chi connectivity index (χ2v) is 6.23. The van der Waals surface area contributed by atoms with Crippen LogP contribution in [0.3, 0.4) is 0 Å². The molecule has 0 saturated heterocycles. The number of hydrogen-bond acceptors (Lipinski definition) is 3. The van der Waals surface area contributed by atoms with E-state index in [4.69, 9.17) is 0 Å². The maximum absolute atomic E-state index is 13.7. The zero-order valence-corrected chi connectivity index (χ0v) is 15.2. The Labute approximate surface area is 160 Å². The van der Waals surface area contributed by atoms with E-state index >= 15 is 0 Å². The molecule has 0 unspecified atom stereocenters. The number of anilines is 2. The molecule has 0 fully saturated rings. The molecular weight excluding hydrogens is 364 g/mol.